The van der Waals surface area contributed by atoms with E-state index in [1.165, 1.54) is 0 Å². The summed E-state index contributed by atoms with van der Waals surface area (Å²) >= 11 is 12.0. The van der Waals surface area contributed by atoms with E-state index in [-0.39, 0.29) is 6.04 Å². The predicted molar refractivity (Wildman–Crippen MR) is 158 cm³/mol. The molecular formula is C29H30ClN7S. The first-order chi connectivity index (χ1) is 18.5. The van der Waals surface area contributed by atoms with Gasteiger partial charge in [-0.05, 0) is 54.3 Å². The molecule has 1 aromatic carbocycles. The Kier molecular flexibility index (Phi) is 9.46. The highest BCUT2D eigenvalue weighted by atomic mass is 35.5. The molecule has 1 atom stereocenters. The molecule has 38 heavy (non-hydrogen) atoms. The van der Waals surface area contributed by atoms with E-state index in [9.17, 15) is 0 Å². The third-order valence-electron chi connectivity index (χ3n) is 5.83. The van der Waals surface area contributed by atoms with E-state index >= 15 is 0 Å². The third-order valence-corrected chi connectivity index (χ3v) is 6.50. The van der Waals surface area contributed by atoms with Crippen LogP contribution >= 0.6 is 23.8 Å². The van der Waals surface area contributed by atoms with Gasteiger partial charge in [-0.1, -0.05) is 68.0 Å². The lowest BCUT2D eigenvalue weighted by Crippen LogP contribution is -2.47. The van der Waals surface area contributed by atoms with Crippen LogP contribution in [-0.4, -0.2) is 42.7 Å². The van der Waals surface area contributed by atoms with E-state index in [0.29, 0.717) is 57.7 Å². The first-order valence-electron chi connectivity index (χ1n) is 12.4. The molecule has 3 aromatic heterocycles. The van der Waals surface area contributed by atoms with E-state index in [4.69, 9.17) is 28.8 Å². The number of rotatable bonds is 11. The lowest BCUT2D eigenvalue weighted by molar-refractivity contribution is 0.529. The number of hydrogen-bond donors (Lipinski definition) is 1. The van der Waals surface area contributed by atoms with Crippen LogP contribution in [0.4, 0.5) is 5.95 Å². The molecule has 0 aliphatic heterocycles. The van der Waals surface area contributed by atoms with Crippen molar-refractivity contribution in [3.8, 4) is 22.8 Å². The van der Waals surface area contributed by atoms with Gasteiger partial charge in [-0.2, -0.15) is 0 Å². The molecule has 194 valence electrons. The molecule has 4 rings (SSSR count). The minimum Gasteiger partial charge on any atom is -0.374 e. The Hall–Kier alpha value is -3.75. The van der Waals surface area contributed by atoms with Gasteiger partial charge in [0, 0.05) is 30.5 Å². The Morgan fingerprint density at radius 1 is 0.974 bits per heavy atom. The van der Waals surface area contributed by atoms with Crippen LogP contribution in [0.5, 0.6) is 0 Å². The van der Waals surface area contributed by atoms with Gasteiger partial charge in [0.1, 0.15) is 11.4 Å². The van der Waals surface area contributed by atoms with Crippen molar-refractivity contribution in [2.45, 2.75) is 32.9 Å². The van der Waals surface area contributed by atoms with Gasteiger partial charge in [0.15, 0.2) is 0 Å². The summed E-state index contributed by atoms with van der Waals surface area (Å²) in [5.74, 6) is 0.824. The van der Waals surface area contributed by atoms with Gasteiger partial charge in [-0.3, -0.25) is 9.97 Å². The van der Waals surface area contributed by atoms with Gasteiger partial charge in [-0.25, -0.2) is 4.98 Å². The van der Waals surface area contributed by atoms with Crippen molar-refractivity contribution in [1.82, 2.24) is 30.5 Å². The summed E-state index contributed by atoms with van der Waals surface area (Å²) in [6.07, 6.45) is 6.08. The Morgan fingerprint density at radius 2 is 1.63 bits per heavy atom. The highest BCUT2D eigenvalue weighted by Gasteiger charge is 2.27. The SMILES string of the molecule is C=CCN(c1nnc(-c2ccccn2)c(-c2ccccn2)n1)C(CC(C)C)C(=S)NCc1ccc(Cl)cc1. The van der Waals surface area contributed by atoms with Crippen molar-refractivity contribution in [1.29, 1.82) is 0 Å². The normalized spacial score (nSPS) is 11.7. The molecule has 0 aliphatic rings. The smallest absolute Gasteiger partial charge is 0.246 e. The second-order valence-corrected chi connectivity index (χ2v) is 10.0. The summed E-state index contributed by atoms with van der Waals surface area (Å²) in [5, 5.41) is 13.3. The van der Waals surface area contributed by atoms with Crippen LogP contribution in [0.2, 0.25) is 5.02 Å². The molecular weight excluding hydrogens is 514 g/mol. The lowest BCUT2D eigenvalue weighted by Gasteiger charge is -2.33. The van der Waals surface area contributed by atoms with Gasteiger partial charge >= 0.3 is 0 Å². The number of nitrogens with one attached hydrogen (secondary N) is 1. The molecule has 7 nitrogen and oxygen atoms in total. The second kappa shape index (κ2) is 13.2. The quantitative estimate of drug-likeness (QED) is 0.178. The lowest BCUT2D eigenvalue weighted by atomic mass is 10.0. The van der Waals surface area contributed by atoms with E-state index in [0.717, 1.165) is 12.0 Å². The number of pyridine rings is 2. The fourth-order valence-corrected chi connectivity index (χ4v) is 4.44. The summed E-state index contributed by atoms with van der Waals surface area (Å²) in [4.78, 5) is 16.7. The highest BCUT2D eigenvalue weighted by molar-refractivity contribution is 7.80. The molecule has 1 N–H and O–H groups in total. The number of benzene rings is 1. The summed E-state index contributed by atoms with van der Waals surface area (Å²) in [7, 11) is 0. The summed E-state index contributed by atoms with van der Waals surface area (Å²) < 4.78 is 0. The number of hydrogen-bond acceptors (Lipinski definition) is 7. The molecule has 0 amide bonds. The van der Waals surface area contributed by atoms with Crippen molar-refractivity contribution in [3.05, 3.63) is 96.3 Å². The van der Waals surface area contributed by atoms with E-state index in [1.54, 1.807) is 12.4 Å². The average molecular weight is 544 g/mol. The Balaban J connectivity index is 1.71. The molecule has 0 saturated carbocycles. The van der Waals surface area contributed by atoms with Crippen LogP contribution < -0.4 is 10.2 Å². The molecule has 0 saturated heterocycles. The molecule has 0 spiro atoms. The first-order valence-corrected chi connectivity index (χ1v) is 13.2. The number of thiocarbonyl (C=S) groups is 1. The Morgan fingerprint density at radius 3 is 2.21 bits per heavy atom. The number of anilines is 1. The zero-order chi connectivity index (χ0) is 26.9. The molecule has 0 aliphatic carbocycles. The monoisotopic (exact) mass is 543 g/mol. The van der Waals surface area contributed by atoms with E-state index in [2.05, 4.69) is 45.9 Å². The summed E-state index contributed by atoms with van der Waals surface area (Å²) in [6, 6.07) is 18.9. The second-order valence-electron chi connectivity index (χ2n) is 9.17. The standard InChI is InChI=1S/C29H30ClN7S/c1-4-17-37(25(18-20(2)3)28(38)33-19-21-11-13-22(30)14-12-21)29-34-26(23-9-5-7-15-31-23)27(35-36-29)24-10-6-8-16-32-24/h4-16,20,25H,1,17-19H2,2-3H3,(H,33,38). The van der Waals surface area contributed by atoms with E-state index < -0.39 is 0 Å². The summed E-state index contributed by atoms with van der Waals surface area (Å²) in [5.41, 5.74) is 3.62. The minimum absolute atomic E-state index is 0.172. The maximum Gasteiger partial charge on any atom is 0.246 e. The largest absolute Gasteiger partial charge is 0.374 e. The minimum atomic E-state index is -0.172. The van der Waals surface area contributed by atoms with Crippen LogP contribution in [-0.2, 0) is 6.54 Å². The third kappa shape index (κ3) is 6.96. The Labute approximate surface area is 234 Å². The molecule has 3 heterocycles. The van der Waals surface area contributed by atoms with Crippen LogP contribution in [0.1, 0.15) is 25.8 Å². The van der Waals surface area contributed by atoms with E-state index in [1.807, 2.05) is 71.6 Å². The van der Waals surface area contributed by atoms with Crippen LogP contribution in [0.15, 0.2) is 85.7 Å². The molecule has 0 bridgehead atoms. The molecule has 0 fully saturated rings. The number of nitrogens with zero attached hydrogens (tertiary/aromatic N) is 6. The van der Waals surface area contributed by atoms with Crippen LogP contribution in [0.3, 0.4) is 0 Å². The average Bonchev–Trinajstić information content (AvgIpc) is 2.95. The zero-order valence-electron chi connectivity index (χ0n) is 21.5. The maximum atomic E-state index is 6.04. The van der Waals surface area contributed by atoms with Gasteiger partial charge in [-0.15, -0.1) is 16.8 Å². The van der Waals surface area contributed by atoms with Crippen molar-refractivity contribution in [2.24, 2.45) is 5.92 Å². The molecule has 1 unspecified atom stereocenters. The van der Waals surface area contributed by atoms with Crippen molar-refractivity contribution < 1.29 is 0 Å². The molecule has 4 aromatic rings. The maximum absolute atomic E-state index is 6.04. The topological polar surface area (TPSA) is 79.7 Å². The van der Waals surface area contributed by atoms with Crippen LogP contribution in [0, 0.1) is 5.92 Å². The summed E-state index contributed by atoms with van der Waals surface area (Å²) in [6.45, 7) is 9.40. The predicted octanol–water partition coefficient (Wildman–Crippen LogP) is 6.17. The molecule has 0 radical (unpaired) electrons. The number of aromatic nitrogens is 5. The van der Waals surface area contributed by atoms with Gasteiger partial charge in [0.05, 0.1) is 22.4 Å². The zero-order valence-corrected chi connectivity index (χ0v) is 23.0. The number of halogens is 1. The fourth-order valence-electron chi connectivity index (χ4n) is 4.01. The van der Waals surface area contributed by atoms with Gasteiger partial charge in [0.25, 0.3) is 0 Å². The van der Waals surface area contributed by atoms with Gasteiger partial charge in [0.2, 0.25) is 5.95 Å². The Bertz CT molecular complexity index is 1350. The van der Waals surface area contributed by atoms with Crippen molar-refractivity contribution in [2.75, 3.05) is 11.4 Å². The first kappa shape index (κ1) is 27.3. The van der Waals surface area contributed by atoms with Crippen molar-refractivity contribution in [3.63, 3.8) is 0 Å². The highest BCUT2D eigenvalue weighted by Crippen LogP contribution is 2.28. The van der Waals surface area contributed by atoms with Crippen molar-refractivity contribution >= 4 is 34.8 Å². The van der Waals surface area contributed by atoms with Gasteiger partial charge < -0.3 is 10.2 Å². The fraction of sp³-hybridized carbons (Fsp3) is 0.241. The molecule has 9 heteroatoms. The van der Waals surface area contributed by atoms with Crippen LogP contribution in [0.25, 0.3) is 22.8 Å².